The van der Waals surface area contributed by atoms with Crippen molar-refractivity contribution in [2.24, 2.45) is 0 Å². The molecule has 0 atom stereocenters. The molecule has 0 radical (unpaired) electrons. The van der Waals surface area contributed by atoms with Crippen molar-refractivity contribution in [3.63, 3.8) is 0 Å². The van der Waals surface area contributed by atoms with E-state index in [9.17, 15) is 0 Å². The van der Waals surface area contributed by atoms with Gasteiger partial charge in [0.1, 0.15) is 0 Å². The van der Waals surface area contributed by atoms with E-state index in [4.69, 9.17) is 14.2 Å². The Balaban J connectivity index is 3.66. The van der Waals surface area contributed by atoms with Crippen molar-refractivity contribution in [2.45, 2.75) is 143 Å². The summed E-state index contributed by atoms with van der Waals surface area (Å²) < 4.78 is 17.6. The average molecular weight is 401 g/mol. The number of rotatable bonds is 24. The molecule has 0 fully saturated rings. The van der Waals surface area contributed by atoms with Crippen LogP contribution in [0, 0.1) is 0 Å². The number of hydrogen-bond donors (Lipinski definition) is 0. The second kappa shape index (κ2) is 24.9. The Hall–Kier alpha value is -0.120. The zero-order valence-corrected chi connectivity index (χ0v) is 19.7. The molecule has 0 saturated carbocycles. The third kappa shape index (κ3) is 22.2. The summed E-state index contributed by atoms with van der Waals surface area (Å²) in [5, 5.41) is 0. The molecule has 170 valence electrons. The maximum atomic E-state index is 5.88. The van der Waals surface area contributed by atoms with Crippen molar-refractivity contribution in [3.05, 3.63) is 0 Å². The van der Waals surface area contributed by atoms with Crippen LogP contribution in [0.5, 0.6) is 0 Å². The van der Waals surface area contributed by atoms with Crippen molar-refractivity contribution in [1.29, 1.82) is 0 Å². The molecule has 0 aromatic heterocycles. The molecular formula is C25H52O3. The Morgan fingerprint density at radius 3 is 0.929 bits per heavy atom. The molecule has 0 bridgehead atoms. The van der Waals surface area contributed by atoms with Crippen LogP contribution in [0.2, 0.25) is 0 Å². The molecule has 0 aromatic carbocycles. The first-order valence-corrected chi connectivity index (χ1v) is 12.7. The van der Waals surface area contributed by atoms with Crippen LogP contribution in [0.4, 0.5) is 0 Å². The highest BCUT2D eigenvalue weighted by Gasteiger charge is 2.09. The Bertz CT molecular complexity index is 257. The highest BCUT2D eigenvalue weighted by molar-refractivity contribution is 4.48. The molecule has 0 aromatic rings. The first-order valence-electron chi connectivity index (χ1n) is 12.7. The zero-order valence-electron chi connectivity index (χ0n) is 19.7. The van der Waals surface area contributed by atoms with Crippen LogP contribution >= 0.6 is 0 Å². The fourth-order valence-electron chi connectivity index (χ4n) is 3.33. The van der Waals surface area contributed by atoms with E-state index < -0.39 is 6.48 Å². The summed E-state index contributed by atoms with van der Waals surface area (Å²) in [5.74, 6) is 0. The van der Waals surface area contributed by atoms with Gasteiger partial charge < -0.3 is 14.2 Å². The van der Waals surface area contributed by atoms with E-state index in [1.165, 1.54) is 96.3 Å². The van der Waals surface area contributed by atoms with E-state index in [1.54, 1.807) is 0 Å². The van der Waals surface area contributed by atoms with Crippen molar-refractivity contribution in [3.8, 4) is 0 Å². The molecule has 0 amide bonds. The topological polar surface area (TPSA) is 27.7 Å². The molecule has 28 heavy (non-hydrogen) atoms. The third-order valence-corrected chi connectivity index (χ3v) is 5.26. The minimum atomic E-state index is -0.457. The van der Waals surface area contributed by atoms with Crippen LogP contribution in [0.25, 0.3) is 0 Å². The van der Waals surface area contributed by atoms with Crippen molar-refractivity contribution in [2.75, 3.05) is 19.8 Å². The second-order valence-electron chi connectivity index (χ2n) is 8.20. The lowest BCUT2D eigenvalue weighted by Crippen LogP contribution is -2.23. The van der Waals surface area contributed by atoms with E-state index >= 15 is 0 Å². The van der Waals surface area contributed by atoms with Gasteiger partial charge in [-0.25, -0.2) is 0 Å². The van der Waals surface area contributed by atoms with E-state index in [-0.39, 0.29) is 0 Å². The van der Waals surface area contributed by atoms with Gasteiger partial charge in [0, 0.05) is 0 Å². The van der Waals surface area contributed by atoms with E-state index in [1.807, 2.05) is 0 Å². The summed E-state index contributed by atoms with van der Waals surface area (Å²) in [4.78, 5) is 0. The van der Waals surface area contributed by atoms with Crippen molar-refractivity contribution in [1.82, 2.24) is 0 Å². The molecule has 0 unspecified atom stereocenters. The molecule has 0 rings (SSSR count). The Morgan fingerprint density at radius 2 is 0.607 bits per heavy atom. The largest absolute Gasteiger partial charge is 0.330 e. The van der Waals surface area contributed by atoms with Gasteiger partial charge in [0.25, 0.3) is 6.48 Å². The lowest BCUT2D eigenvalue weighted by molar-refractivity contribution is -0.288. The maximum absolute atomic E-state index is 5.88. The van der Waals surface area contributed by atoms with Crippen LogP contribution in [-0.2, 0) is 14.2 Å². The fourth-order valence-corrected chi connectivity index (χ4v) is 3.33. The van der Waals surface area contributed by atoms with Gasteiger partial charge in [-0.05, 0) is 19.3 Å². The van der Waals surface area contributed by atoms with Crippen molar-refractivity contribution >= 4 is 0 Å². The third-order valence-electron chi connectivity index (χ3n) is 5.26. The quantitative estimate of drug-likeness (QED) is 0.120. The van der Waals surface area contributed by atoms with Gasteiger partial charge >= 0.3 is 0 Å². The number of unbranched alkanes of at least 4 members (excludes halogenated alkanes) is 15. The Kier molecular flexibility index (Phi) is 24.8. The van der Waals surface area contributed by atoms with Gasteiger partial charge in [0.2, 0.25) is 0 Å². The lowest BCUT2D eigenvalue weighted by atomic mass is 10.1. The van der Waals surface area contributed by atoms with Crippen LogP contribution in [0.15, 0.2) is 0 Å². The van der Waals surface area contributed by atoms with E-state index in [0.29, 0.717) is 0 Å². The summed E-state index contributed by atoms with van der Waals surface area (Å²) in [5.41, 5.74) is 0. The summed E-state index contributed by atoms with van der Waals surface area (Å²) in [6.45, 7) is 8.54. The van der Waals surface area contributed by atoms with Gasteiger partial charge in [0.15, 0.2) is 0 Å². The zero-order chi connectivity index (χ0) is 20.5. The first-order chi connectivity index (χ1) is 13.8. The Morgan fingerprint density at radius 1 is 0.357 bits per heavy atom. The van der Waals surface area contributed by atoms with Gasteiger partial charge in [-0.1, -0.05) is 117 Å². The van der Waals surface area contributed by atoms with Gasteiger partial charge in [-0.15, -0.1) is 0 Å². The minimum Gasteiger partial charge on any atom is -0.330 e. The van der Waals surface area contributed by atoms with E-state index in [0.717, 1.165) is 39.1 Å². The van der Waals surface area contributed by atoms with Crippen LogP contribution < -0.4 is 0 Å². The standard InChI is InChI=1S/C25H52O3/c1-4-7-10-13-14-15-16-17-18-21-24-28-25(26-22-19-11-8-5-2)27-23-20-12-9-6-3/h25H,4-24H2,1-3H3. The molecule has 0 heterocycles. The molecule has 0 N–H and O–H groups in total. The van der Waals surface area contributed by atoms with Crippen molar-refractivity contribution < 1.29 is 14.2 Å². The summed E-state index contributed by atoms with van der Waals surface area (Å²) in [6, 6.07) is 0. The number of hydrogen-bond acceptors (Lipinski definition) is 3. The summed E-state index contributed by atoms with van der Waals surface area (Å²) in [6.07, 6.45) is 23.2. The second-order valence-corrected chi connectivity index (χ2v) is 8.20. The molecule has 0 aliphatic rings. The molecule has 0 spiro atoms. The average Bonchev–Trinajstić information content (AvgIpc) is 2.71. The van der Waals surface area contributed by atoms with Crippen LogP contribution in [-0.4, -0.2) is 26.3 Å². The molecule has 0 aliphatic heterocycles. The predicted molar refractivity (Wildman–Crippen MR) is 122 cm³/mol. The fraction of sp³-hybridized carbons (Fsp3) is 1.00. The smallest absolute Gasteiger partial charge is 0.271 e. The van der Waals surface area contributed by atoms with Gasteiger partial charge in [0.05, 0.1) is 19.8 Å². The van der Waals surface area contributed by atoms with Crippen LogP contribution in [0.1, 0.15) is 136 Å². The monoisotopic (exact) mass is 400 g/mol. The molecular weight excluding hydrogens is 348 g/mol. The van der Waals surface area contributed by atoms with E-state index in [2.05, 4.69) is 20.8 Å². The number of ether oxygens (including phenoxy) is 3. The highest BCUT2D eigenvalue weighted by atomic mass is 16.8. The molecule has 0 aliphatic carbocycles. The summed E-state index contributed by atoms with van der Waals surface area (Å²) >= 11 is 0. The first kappa shape index (κ1) is 27.9. The maximum Gasteiger partial charge on any atom is 0.271 e. The predicted octanol–water partition coefficient (Wildman–Crippen LogP) is 8.40. The normalized spacial score (nSPS) is 11.6. The molecule has 3 heteroatoms. The SMILES string of the molecule is CCCCCCCCCCCCOC(OCCCCCC)OCCCCCC. The van der Waals surface area contributed by atoms with Gasteiger partial charge in [-0.2, -0.15) is 0 Å². The minimum absolute atomic E-state index is 0.457. The molecule has 0 saturated heterocycles. The summed E-state index contributed by atoms with van der Waals surface area (Å²) in [7, 11) is 0. The lowest BCUT2D eigenvalue weighted by Gasteiger charge is -2.19. The van der Waals surface area contributed by atoms with Crippen LogP contribution in [0.3, 0.4) is 0 Å². The highest BCUT2D eigenvalue weighted by Crippen LogP contribution is 2.11. The Labute approximate surface area is 177 Å². The van der Waals surface area contributed by atoms with Gasteiger partial charge in [-0.3, -0.25) is 0 Å². The molecule has 3 nitrogen and oxygen atoms in total.